The fourth-order valence-electron chi connectivity index (χ4n) is 1.48. The van der Waals surface area contributed by atoms with Crippen LogP contribution in [0, 0.1) is 0 Å². The molecule has 2 aromatic rings. The predicted molar refractivity (Wildman–Crippen MR) is 73.5 cm³/mol. The van der Waals surface area contributed by atoms with Crippen LogP contribution in [0.3, 0.4) is 0 Å². The first-order valence-corrected chi connectivity index (χ1v) is 6.28. The molecule has 0 spiro atoms. The molecule has 18 heavy (non-hydrogen) atoms. The first-order valence-electron chi connectivity index (χ1n) is 5.46. The summed E-state index contributed by atoms with van der Waals surface area (Å²) in [5.74, 6) is -0.443. The zero-order chi connectivity index (χ0) is 13.0. The summed E-state index contributed by atoms with van der Waals surface area (Å²) in [5, 5.41) is 0.567. The van der Waals surface area contributed by atoms with Crippen molar-refractivity contribution in [3.63, 3.8) is 0 Å². The number of hydrogen-bond acceptors (Lipinski definition) is 4. The van der Waals surface area contributed by atoms with Crippen LogP contribution in [0.15, 0.2) is 49.1 Å². The second-order valence-corrected chi connectivity index (χ2v) is 4.69. The zero-order valence-electron chi connectivity index (χ0n) is 9.76. The summed E-state index contributed by atoms with van der Waals surface area (Å²) in [6, 6.07) is 11.7. The first kappa shape index (κ1) is 12.5. The number of carbonyl (C=O) groups is 1. The van der Waals surface area contributed by atoms with E-state index in [0.29, 0.717) is 11.6 Å². The smallest absolute Gasteiger partial charge is 0.336 e. The van der Waals surface area contributed by atoms with Gasteiger partial charge in [-0.1, -0.05) is 42.2 Å². The van der Waals surface area contributed by atoms with Gasteiger partial charge in [0, 0.05) is 17.5 Å². The second kappa shape index (κ2) is 5.62. The molecule has 4 heteroatoms. The highest BCUT2D eigenvalue weighted by atomic mass is 32.1. The number of thiophene rings is 1. The monoisotopic (exact) mass is 259 g/mol. The number of esters is 1. The average molecular weight is 259 g/mol. The minimum Gasteiger partial charge on any atom is -0.412 e. The van der Waals surface area contributed by atoms with Crippen LogP contribution < -0.4 is 10.5 Å². The molecule has 2 N–H and O–H groups in total. The maximum absolute atomic E-state index is 11.1. The summed E-state index contributed by atoms with van der Waals surface area (Å²) in [4.78, 5) is 12.1. The Morgan fingerprint density at radius 1 is 1.28 bits per heavy atom. The van der Waals surface area contributed by atoms with Gasteiger partial charge < -0.3 is 10.5 Å². The van der Waals surface area contributed by atoms with Crippen molar-refractivity contribution in [3.8, 4) is 15.5 Å². The molecule has 1 aromatic carbocycles. The second-order valence-electron chi connectivity index (χ2n) is 3.64. The van der Waals surface area contributed by atoms with Crippen LogP contribution in [0.5, 0.6) is 5.06 Å². The molecule has 0 unspecified atom stereocenters. The molecule has 0 aliphatic heterocycles. The molecule has 0 aliphatic carbocycles. The van der Waals surface area contributed by atoms with Gasteiger partial charge in [0.1, 0.15) is 0 Å². The molecular weight excluding hydrogens is 246 g/mol. The van der Waals surface area contributed by atoms with E-state index in [-0.39, 0.29) is 0 Å². The topological polar surface area (TPSA) is 52.3 Å². The number of rotatable bonds is 4. The lowest BCUT2D eigenvalue weighted by Crippen LogP contribution is -2.00. The molecule has 1 heterocycles. The largest absolute Gasteiger partial charge is 0.412 e. The SMILES string of the molecule is C=CC(=O)Oc1ccc(-c2ccc(CN)cc2)s1. The Balaban J connectivity index is 2.18. The van der Waals surface area contributed by atoms with Crippen LogP contribution in [-0.4, -0.2) is 5.97 Å². The maximum atomic E-state index is 11.1. The van der Waals surface area contributed by atoms with Gasteiger partial charge >= 0.3 is 5.97 Å². The van der Waals surface area contributed by atoms with Crippen molar-refractivity contribution < 1.29 is 9.53 Å². The van der Waals surface area contributed by atoms with Crippen LogP contribution in [0.1, 0.15) is 5.56 Å². The molecule has 0 amide bonds. The highest BCUT2D eigenvalue weighted by Gasteiger charge is 2.06. The maximum Gasteiger partial charge on any atom is 0.336 e. The van der Waals surface area contributed by atoms with Gasteiger partial charge in [-0.15, -0.1) is 0 Å². The third-order valence-corrected chi connectivity index (χ3v) is 3.44. The molecule has 92 valence electrons. The Hall–Kier alpha value is -1.91. The van der Waals surface area contributed by atoms with E-state index in [1.807, 2.05) is 30.3 Å². The fraction of sp³-hybridized carbons (Fsp3) is 0.0714. The van der Waals surface area contributed by atoms with Gasteiger partial charge in [0.25, 0.3) is 0 Å². The Bertz CT molecular complexity index is 557. The summed E-state index contributed by atoms with van der Waals surface area (Å²) in [5.41, 5.74) is 7.72. The molecule has 0 fully saturated rings. The summed E-state index contributed by atoms with van der Waals surface area (Å²) in [6.07, 6.45) is 1.15. The number of benzene rings is 1. The van der Waals surface area contributed by atoms with Crippen molar-refractivity contribution in [2.24, 2.45) is 5.73 Å². The molecule has 1 aromatic heterocycles. The van der Waals surface area contributed by atoms with Gasteiger partial charge in [-0.2, -0.15) is 0 Å². The van der Waals surface area contributed by atoms with Gasteiger partial charge in [0.05, 0.1) is 0 Å². The van der Waals surface area contributed by atoms with Gasteiger partial charge in [0.15, 0.2) is 5.06 Å². The Labute approximate surface area is 110 Å². The Morgan fingerprint density at radius 3 is 2.61 bits per heavy atom. The standard InChI is InChI=1S/C14H13NO2S/c1-2-13(16)17-14-8-7-12(18-14)11-5-3-10(9-15)4-6-11/h2-8H,1,9,15H2. The van der Waals surface area contributed by atoms with Gasteiger partial charge in [-0.05, 0) is 23.3 Å². The van der Waals surface area contributed by atoms with E-state index in [0.717, 1.165) is 22.1 Å². The quantitative estimate of drug-likeness (QED) is 0.678. The van der Waals surface area contributed by atoms with E-state index in [1.54, 1.807) is 6.07 Å². The minimum atomic E-state index is -0.443. The fourth-order valence-corrected chi connectivity index (χ4v) is 2.34. The summed E-state index contributed by atoms with van der Waals surface area (Å²) in [6.45, 7) is 3.89. The molecule has 0 atom stereocenters. The summed E-state index contributed by atoms with van der Waals surface area (Å²) in [7, 11) is 0. The van der Waals surface area contributed by atoms with Crippen molar-refractivity contribution in [2.45, 2.75) is 6.54 Å². The van der Waals surface area contributed by atoms with E-state index in [9.17, 15) is 4.79 Å². The van der Waals surface area contributed by atoms with Gasteiger partial charge in [-0.3, -0.25) is 0 Å². The third kappa shape index (κ3) is 2.85. The zero-order valence-corrected chi connectivity index (χ0v) is 10.6. The van der Waals surface area contributed by atoms with E-state index in [1.165, 1.54) is 11.3 Å². The molecular formula is C14H13NO2S. The molecule has 0 aliphatic rings. The molecule has 0 saturated carbocycles. The number of hydrogen-bond donors (Lipinski definition) is 1. The highest BCUT2D eigenvalue weighted by Crippen LogP contribution is 2.33. The van der Waals surface area contributed by atoms with Crippen LogP contribution in [0.2, 0.25) is 0 Å². The summed E-state index contributed by atoms with van der Waals surface area (Å²) < 4.78 is 5.05. The van der Waals surface area contributed by atoms with Crippen molar-refractivity contribution in [1.82, 2.24) is 0 Å². The normalized spacial score (nSPS) is 10.1. The first-order chi connectivity index (χ1) is 8.72. The number of nitrogens with two attached hydrogens (primary N) is 1. The molecule has 3 nitrogen and oxygen atoms in total. The van der Waals surface area contributed by atoms with Crippen molar-refractivity contribution >= 4 is 17.3 Å². The van der Waals surface area contributed by atoms with Gasteiger partial charge in [0.2, 0.25) is 0 Å². The lowest BCUT2D eigenvalue weighted by atomic mass is 10.1. The van der Waals surface area contributed by atoms with E-state index in [2.05, 4.69) is 6.58 Å². The Morgan fingerprint density at radius 2 is 2.00 bits per heavy atom. The lowest BCUT2D eigenvalue weighted by Gasteiger charge is -1.99. The van der Waals surface area contributed by atoms with E-state index < -0.39 is 5.97 Å². The van der Waals surface area contributed by atoms with Crippen molar-refractivity contribution in [1.29, 1.82) is 0 Å². The molecule has 2 rings (SSSR count). The average Bonchev–Trinajstić information content (AvgIpc) is 2.87. The van der Waals surface area contributed by atoms with E-state index in [4.69, 9.17) is 10.5 Å². The number of carbonyl (C=O) groups excluding carboxylic acids is 1. The van der Waals surface area contributed by atoms with E-state index >= 15 is 0 Å². The number of ether oxygens (including phenoxy) is 1. The minimum absolute atomic E-state index is 0.443. The predicted octanol–water partition coefficient (Wildman–Crippen LogP) is 2.97. The third-order valence-electron chi connectivity index (χ3n) is 2.42. The molecule has 0 saturated heterocycles. The highest BCUT2D eigenvalue weighted by molar-refractivity contribution is 7.17. The van der Waals surface area contributed by atoms with Crippen LogP contribution in [0.4, 0.5) is 0 Å². The lowest BCUT2D eigenvalue weighted by molar-refractivity contribution is -0.128. The van der Waals surface area contributed by atoms with Crippen LogP contribution in [-0.2, 0) is 11.3 Å². The van der Waals surface area contributed by atoms with Crippen LogP contribution in [0.25, 0.3) is 10.4 Å². The molecule has 0 radical (unpaired) electrons. The van der Waals surface area contributed by atoms with Crippen molar-refractivity contribution in [2.75, 3.05) is 0 Å². The van der Waals surface area contributed by atoms with Crippen molar-refractivity contribution in [3.05, 3.63) is 54.6 Å². The van der Waals surface area contributed by atoms with Gasteiger partial charge in [-0.25, -0.2) is 4.79 Å². The van der Waals surface area contributed by atoms with Crippen LogP contribution >= 0.6 is 11.3 Å². The summed E-state index contributed by atoms with van der Waals surface area (Å²) >= 11 is 1.42. The Kier molecular flexibility index (Phi) is 3.92. The molecule has 0 bridgehead atoms.